The van der Waals surface area contributed by atoms with Gasteiger partial charge in [0.15, 0.2) is 0 Å². The first-order chi connectivity index (χ1) is 16.1. The average molecular weight is 453 g/mol. The fourth-order valence-corrected chi connectivity index (χ4v) is 5.50. The minimum absolute atomic E-state index is 0.0663. The molecular weight excluding hydrogens is 432 g/mol. The fourth-order valence-electron chi connectivity index (χ4n) is 4.80. The van der Waals surface area contributed by atoms with Crippen molar-refractivity contribution in [1.29, 1.82) is 0 Å². The highest BCUT2D eigenvalue weighted by Crippen LogP contribution is 2.42. The van der Waals surface area contributed by atoms with Crippen LogP contribution in [0.1, 0.15) is 16.7 Å². The first-order valence-corrected chi connectivity index (χ1v) is 11.7. The molecule has 0 radical (unpaired) electrons. The second-order valence-electron chi connectivity index (χ2n) is 8.26. The number of pyridine rings is 2. The van der Waals surface area contributed by atoms with Crippen LogP contribution in [0.15, 0.2) is 60.1 Å². The van der Waals surface area contributed by atoms with E-state index < -0.39 is 5.97 Å². The summed E-state index contributed by atoms with van der Waals surface area (Å²) in [7, 11) is 0. The molecule has 6 heteroatoms. The van der Waals surface area contributed by atoms with Gasteiger partial charge in [0.2, 0.25) is 0 Å². The first kappa shape index (κ1) is 19.9. The van der Waals surface area contributed by atoms with Crippen molar-refractivity contribution in [2.24, 2.45) is 0 Å². The molecule has 0 spiro atoms. The minimum Gasteiger partial charge on any atom is -0.493 e. The number of fused-ring (bicyclic) bond motifs is 1. The van der Waals surface area contributed by atoms with Gasteiger partial charge in [-0.15, -0.1) is 11.3 Å². The molecule has 3 aromatic heterocycles. The molecular formula is C27H20N2O3S. The van der Waals surface area contributed by atoms with Crippen LogP contribution in [0.25, 0.3) is 43.5 Å². The molecule has 1 aliphatic heterocycles. The third-order valence-electron chi connectivity index (χ3n) is 6.27. The molecule has 0 amide bonds. The lowest BCUT2D eigenvalue weighted by molar-refractivity contribution is -0.136. The van der Waals surface area contributed by atoms with Crippen molar-refractivity contribution in [2.75, 3.05) is 6.61 Å². The smallest absolute Gasteiger partial charge is 0.307 e. The maximum Gasteiger partial charge on any atom is 0.307 e. The Hall–Kier alpha value is -3.77. The number of hydrogen-bond acceptors (Lipinski definition) is 5. The molecule has 33 heavy (non-hydrogen) atoms. The third-order valence-corrected chi connectivity index (χ3v) is 7.16. The van der Waals surface area contributed by atoms with Gasteiger partial charge in [-0.25, -0.2) is 4.98 Å². The number of aromatic nitrogens is 2. The highest BCUT2D eigenvalue weighted by Gasteiger charge is 2.22. The normalized spacial score (nSPS) is 12.8. The predicted octanol–water partition coefficient (Wildman–Crippen LogP) is 6.05. The molecule has 162 valence electrons. The third kappa shape index (κ3) is 3.26. The number of carbonyl (C=O) groups is 1. The van der Waals surface area contributed by atoms with Crippen molar-refractivity contribution >= 4 is 39.1 Å². The van der Waals surface area contributed by atoms with Gasteiger partial charge in [-0.3, -0.25) is 9.78 Å². The van der Waals surface area contributed by atoms with Crippen LogP contribution in [0.4, 0.5) is 0 Å². The Morgan fingerprint density at radius 2 is 2.09 bits per heavy atom. The van der Waals surface area contributed by atoms with E-state index in [1.54, 1.807) is 11.3 Å². The number of benzene rings is 2. The van der Waals surface area contributed by atoms with E-state index >= 15 is 0 Å². The zero-order chi connectivity index (χ0) is 22.5. The topological polar surface area (TPSA) is 72.3 Å². The van der Waals surface area contributed by atoms with Crippen molar-refractivity contribution in [3.63, 3.8) is 0 Å². The number of ether oxygens (including phenoxy) is 1. The summed E-state index contributed by atoms with van der Waals surface area (Å²) < 4.78 is 5.90. The second-order valence-corrected chi connectivity index (χ2v) is 9.21. The molecule has 1 N–H and O–H groups in total. The lowest BCUT2D eigenvalue weighted by Crippen LogP contribution is -2.10. The van der Waals surface area contributed by atoms with Gasteiger partial charge < -0.3 is 9.84 Å². The summed E-state index contributed by atoms with van der Waals surface area (Å²) in [4.78, 5) is 22.6. The first-order valence-electron chi connectivity index (χ1n) is 10.8. The Kier molecular flexibility index (Phi) is 4.62. The van der Waals surface area contributed by atoms with E-state index in [1.165, 1.54) is 5.56 Å². The number of thiophene rings is 1. The van der Waals surface area contributed by atoms with Gasteiger partial charge in [-0.1, -0.05) is 6.07 Å². The molecule has 6 rings (SSSR count). The summed E-state index contributed by atoms with van der Waals surface area (Å²) in [6.45, 7) is 2.61. The summed E-state index contributed by atoms with van der Waals surface area (Å²) in [6.07, 6.45) is 2.60. The highest BCUT2D eigenvalue weighted by atomic mass is 32.1. The van der Waals surface area contributed by atoms with Crippen LogP contribution in [-0.2, 0) is 17.6 Å². The van der Waals surface area contributed by atoms with Gasteiger partial charge >= 0.3 is 5.97 Å². The molecule has 0 unspecified atom stereocenters. The summed E-state index contributed by atoms with van der Waals surface area (Å²) in [5.41, 5.74) is 7.31. The lowest BCUT2D eigenvalue weighted by Gasteiger charge is -2.21. The molecule has 2 aromatic carbocycles. The Morgan fingerprint density at radius 3 is 2.91 bits per heavy atom. The molecule has 5 aromatic rings. The highest BCUT2D eigenvalue weighted by molar-refractivity contribution is 7.13. The van der Waals surface area contributed by atoms with Crippen LogP contribution in [0, 0.1) is 6.92 Å². The SMILES string of the molecule is Cc1cc2nc(-c3cccs3)ccc2c(-c2ccc3c4c(ccnc24)CCO3)c1CC(=O)O. The van der Waals surface area contributed by atoms with E-state index in [0.717, 1.165) is 66.8 Å². The zero-order valence-corrected chi connectivity index (χ0v) is 18.8. The summed E-state index contributed by atoms with van der Waals surface area (Å²) in [6, 6.07) is 16.2. The van der Waals surface area contributed by atoms with Crippen molar-refractivity contribution < 1.29 is 14.6 Å². The van der Waals surface area contributed by atoms with Crippen LogP contribution in [-0.4, -0.2) is 27.7 Å². The fraction of sp³-hybridized carbons (Fsp3) is 0.148. The van der Waals surface area contributed by atoms with E-state index in [2.05, 4.69) is 12.1 Å². The van der Waals surface area contributed by atoms with Crippen LogP contribution in [0.2, 0.25) is 0 Å². The standard InChI is InChI=1S/C27H20N2O3S/c1-15-13-21-17(4-6-20(29-21)23-3-2-12-33-23)26(19(15)14-24(30)31)18-5-7-22-25-16(9-11-32-22)8-10-28-27(18)25/h2-8,10,12-13H,9,11,14H2,1H3,(H,30,31). The van der Waals surface area contributed by atoms with Crippen molar-refractivity contribution in [1.82, 2.24) is 9.97 Å². The molecule has 4 heterocycles. The van der Waals surface area contributed by atoms with E-state index in [0.29, 0.717) is 6.61 Å². The van der Waals surface area contributed by atoms with E-state index in [1.807, 2.05) is 54.9 Å². The van der Waals surface area contributed by atoms with Crippen LogP contribution >= 0.6 is 11.3 Å². The van der Waals surface area contributed by atoms with Gasteiger partial charge in [0.1, 0.15) is 5.75 Å². The quantitative estimate of drug-likeness (QED) is 0.359. The van der Waals surface area contributed by atoms with E-state index in [4.69, 9.17) is 14.7 Å². The van der Waals surface area contributed by atoms with Crippen LogP contribution < -0.4 is 4.74 Å². The zero-order valence-electron chi connectivity index (χ0n) is 18.0. The monoisotopic (exact) mass is 452 g/mol. The molecule has 0 aliphatic carbocycles. The van der Waals surface area contributed by atoms with Crippen molar-refractivity contribution in [3.8, 4) is 27.4 Å². The van der Waals surface area contributed by atoms with Crippen LogP contribution in [0.5, 0.6) is 5.75 Å². The average Bonchev–Trinajstić information content (AvgIpc) is 3.35. The Balaban J connectivity index is 1.69. The second kappa shape index (κ2) is 7.67. The number of rotatable bonds is 4. The maximum absolute atomic E-state index is 11.8. The van der Waals surface area contributed by atoms with Gasteiger partial charge in [0, 0.05) is 29.0 Å². The summed E-state index contributed by atoms with van der Waals surface area (Å²) in [5, 5.41) is 13.7. The number of hydrogen-bond donors (Lipinski definition) is 1. The van der Waals surface area contributed by atoms with Gasteiger partial charge in [-0.05, 0) is 77.0 Å². The van der Waals surface area contributed by atoms with Crippen molar-refractivity contribution in [3.05, 3.63) is 76.8 Å². The van der Waals surface area contributed by atoms with E-state index in [-0.39, 0.29) is 6.42 Å². The summed E-state index contributed by atoms with van der Waals surface area (Å²) in [5.74, 6) is -0.0289. The minimum atomic E-state index is -0.860. The Morgan fingerprint density at radius 1 is 1.18 bits per heavy atom. The number of nitrogens with zero attached hydrogens (tertiary/aromatic N) is 2. The predicted molar refractivity (Wildman–Crippen MR) is 131 cm³/mol. The molecule has 5 nitrogen and oxygen atoms in total. The number of carboxylic acid groups (broad SMARTS) is 1. The molecule has 0 bridgehead atoms. The maximum atomic E-state index is 11.8. The molecule has 1 aliphatic rings. The van der Waals surface area contributed by atoms with Gasteiger partial charge in [-0.2, -0.15) is 0 Å². The Bertz CT molecular complexity index is 1550. The molecule has 0 atom stereocenters. The van der Waals surface area contributed by atoms with Crippen molar-refractivity contribution in [2.45, 2.75) is 19.8 Å². The Labute approximate surface area is 194 Å². The lowest BCUT2D eigenvalue weighted by atomic mass is 9.88. The largest absolute Gasteiger partial charge is 0.493 e. The number of aryl methyl sites for hydroxylation is 1. The van der Waals surface area contributed by atoms with Gasteiger partial charge in [0.05, 0.1) is 34.6 Å². The molecule has 0 saturated heterocycles. The molecule has 0 saturated carbocycles. The van der Waals surface area contributed by atoms with E-state index in [9.17, 15) is 9.90 Å². The number of carboxylic acids is 1. The molecule has 0 fully saturated rings. The van der Waals surface area contributed by atoms with Crippen LogP contribution in [0.3, 0.4) is 0 Å². The number of aliphatic carboxylic acids is 1. The summed E-state index contributed by atoms with van der Waals surface area (Å²) >= 11 is 1.65. The van der Waals surface area contributed by atoms with Gasteiger partial charge in [0.25, 0.3) is 0 Å².